The van der Waals surface area contributed by atoms with Crippen molar-refractivity contribution in [3.8, 4) is 0 Å². The number of hydrogen-bond donors (Lipinski definition) is 2. The summed E-state index contributed by atoms with van der Waals surface area (Å²) in [6.07, 6.45) is 7.58. The molecule has 0 aromatic carbocycles. The molecule has 0 radical (unpaired) electrons. The molecule has 1 amide bonds. The average Bonchev–Trinajstić information content (AvgIpc) is 2.92. The Morgan fingerprint density at radius 3 is 2.86 bits per heavy atom. The van der Waals surface area contributed by atoms with E-state index >= 15 is 0 Å². The molecule has 0 bridgehead atoms. The van der Waals surface area contributed by atoms with Crippen molar-refractivity contribution in [1.82, 2.24) is 25.5 Å². The fourth-order valence-corrected chi connectivity index (χ4v) is 1.60. The van der Waals surface area contributed by atoms with E-state index in [0.717, 1.165) is 11.1 Å². The molecule has 2 aromatic rings. The smallest absolute Gasteiger partial charge is 0.269 e. The first-order chi connectivity index (χ1) is 9.99. The minimum atomic E-state index is -0.307. The van der Waals surface area contributed by atoms with Crippen LogP contribution >= 0.6 is 0 Å². The summed E-state index contributed by atoms with van der Waals surface area (Å²) in [5.41, 5.74) is 2.44. The van der Waals surface area contributed by atoms with Crippen LogP contribution in [0.3, 0.4) is 0 Å². The van der Waals surface area contributed by atoms with Gasteiger partial charge in [0.05, 0.1) is 11.6 Å². The number of H-pyrrole nitrogens is 1. The van der Waals surface area contributed by atoms with Crippen LogP contribution in [-0.2, 0) is 0 Å². The molecule has 2 rings (SSSR count). The number of allylic oxidation sites excluding steroid dienone is 3. The molecule has 0 aliphatic rings. The predicted octanol–water partition coefficient (Wildman–Crippen LogP) is 1.96. The van der Waals surface area contributed by atoms with Gasteiger partial charge in [0.1, 0.15) is 12.0 Å². The Morgan fingerprint density at radius 1 is 1.45 bits per heavy atom. The van der Waals surface area contributed by atoms with Crippen LogP contribution < -0.4 is 5.32 Å². The number of nitrogens with one attached hydrogen (secondary N) is 2. The zero-order valence-corrected chi connectivity index (χ0v) is 16.6. The van der Waals surface area contributed by atoms with Crippen molar-refractivity contribution in [3.63, 3.8) is 0 Å². The van der Waals surface area contributed by atoms with Gasteiger partial charge in [-0.15, -0.1) is 12.2 Å². The molecule has 2 aromatic heterocycles. The quantitative estimate of drug-likeness (QED) is 0.467. The van der Waals surface area contributed by atoms with E-state index in [1.807, 2.05) is 13.8 Å². The molecule has 0 spiro atoms. The van der Waals surface area contributed by atoms with Crippen LogP contribution in [0, 0.1) is 37.2 Å². The molecule has 0 fully saturated rings. The number of nitrogens with zero attached hydrogens (tertiary/aromatic N) is 3. The van der Waals surface area contributed by atoms with Crippen molar-refractivity contribution in [1.29, 1.82) is 0 Å². The van der Waals surface area contributed by atoms with Gasteiger partial charge in [-0.05, 0) is 6.04 Å². The van der Waals surface area contributed by atoms with Crippen molar-refractivity contribution >= 4 is 16.9 Å². The van der Waals surface area contributed by atoms with Gasteiger partial charge in [-0.3, -0.25) is 16.0 Å². The number of hydrogen-bond acceptors (Lipinski definition) is 4. The number of fused-ring (bicyclic) bond motifs is 1. The summed E-state index contributed by atoms with van der Waals surface area (Å²) in [6, 6.07) is -0.287. The summed E-state index contributed by atoms with van der Waals surface area (Å²) in [6.45, 7) is 11.3. The molecule has 0 saturated heterocycles. The van der Waals surface area contributed by atoms with Gasteiger partial charge in [0.2, 0.25) is 0 Å². The second kappa shape index (κ2) is 8.06. The van der Waals surface area contributed by atoms with Crippen molar-refractivity contribution in [2.75, 3.05) is 0 Å². The van der Waals surface area contributed by atoms with Crippen LogP contribution in [0.2, 0.25) is 0 Å². The SMILES string of the molecule is C=C(C)C(=C)C=[C-]C(C)NC(=O)c1ncnc2[nH]ncc12.[U]. The molecule has 2 N–H and O–H groups in total. The fourth-order valence-electron chi connectivity index (χ4n) is 1.60. The minimum Gasteiger partial charge on any atom is -0.362 e. The third-order valence-corrected chi connectivity index (χ3v) is 2.87. The zero-order valence-electron chi connectivity index (χ0n) is 12.5. The van der Waals surface area contributed by atoms with Gasteiger partial charge in [-0.25, -0.2) is 16.0 Å². The second-order valence-electron chi connectivity index (χ2n) is 4.67. The van der Waals surface area contributed by atoms with Gasteiger partial charge in [0.25, 0.3) is 5.91 Å². The summed E-state index contributed by atoms with van der Waals surface area (Å²) in [5.74, 6) is -0.307. The minimum absolute atomic E-state index is 0. The molecule has 1 atom stereocenters. The summed E-state index contributed by atoms with van der Waals surface area (Å²) in [5, 5.41) is 9.92. The Kier molecular flexibility index (Phi) is 6.72. The number of aromatic amines is 1. The van der Waals surface area contributed by atoms with E-state index in [-0.39, 0.29) is 48.8 Å². The molecule has 2 heterocycles. The third-order valence-electron chi connectivity index (χ3n) is 2.87. The average molecular weight is 520 g/mol. The maximum Gasteiger partial charge on any atom is 0.269 e. The first-order valence-corrected chi connectivity index (χ1v) is 6.38. The van der Waals surface area contributed by atoms with E-state index < -0.39 is 0 Å². The van der Waals surface area contributed by atoms with Gasteiger partial charge in [0.15, 0.2) is 5.65 Å². The Hall–Kier alpha value is -1.71. The van der Waals surface area contributed by atoms with Gasteiger partial charge >= 0.3 is 0 Å². The molecule has 22 heavy (non-hydrogen) atoms. The number of rotatable bonds is 5. The van der Waals surface area contributed by atoms with Crippen LogP contribution in [0.5, 0.6) is 0 Å². The predicted molar refractivity (Wildman–Crippen MR) is 80.4 cm³/mol. The molecule has 0 aliphatic carbocycles. The van der Waals surface area contributed by atoms with E-state index in [0.29, 0.717) is 11.0 Å². The van der Waals surface area contributed by atoms with Gasteiger partial charge in [-0.2, -0.15) is 17.3 Å². The van der Waals surface area contributed by atoms with Crippen molar-refractivity contribution < 1.29 is 35.9 Å². The van der Waals surface area contributed by atoms with Crippen LogP contribution in [0.1, 0.15) is 24.3 Å². The second-order valence-corrected chi connectivity index (χ2v) is 4.67. The van der Waals surface area contributed by atoms with E-state index in [9.17, 15) is 4.79 Å². The number of carbonyl (C=O) groups is 1. The maximum atomic E-state index is 12.2. The molecule has 0 aliphatic heterocycles. The van der Waals surface area contributed by atoms with Crippen molar-refractivity contribution in [3.05, 3.63) is 54.7 Å². The largest absolute Gasteiger partial charge is 0.362 e. The van der Waals surface area contributed by atoms with E-state index in [2.05, 4.69) is 44.7 Å². The fraction of sp³-hybridized carbons (Fsp3) is 0.200. The van der Waals surface area contributed by atoms with Crippen molar-refractivity contribution in [2.45, 2.75) is 19.9 Å². The Labute approximate surface area is 152 Å². The summed E-state index contributed by atoms with van der Waals surface area (Å²) in [4.78, 5) is 20.2. The Bertz CT molecular complexity index is 734. The first-order valence-electron chi connectivity index (χ1n) is 6.38. The molecule has 0 saturated carbocycles. The maximum absolute atomic E-state index is 12.2. The Morgan fingerprint density at radius 2 is 2.18 bits per heavy atom. The van der Waals surface area contributed by atoms with Crippen LogP contribution in [0.4, 0.5) is 0 Å². The van der Waals surface area contributed by atoms with Crippen LogP contribution in [-0.4, -0.2) is 32.1 Å². The zero-order chi connectivity index (χ0) is 15.4. The third kappa shape index (κ3) is 4.39. The molecular weight excluding hydrogens is 504 g/mol. The first kappa shape index (κ1) is 18.3. The molecule has 7 heteroatoms. The van der Waals surface area contributed by atoms with Crippen LogP contribution in [0.15, 0.2) is 42.9 Å². The summed E-state index contributed by atoms with van der Waals surface area (Å²) in [7, 11) is 0. The monoisotopic (exact) mass is 520 g/mol. The van der Waals surface area contributed by atoms with Crippen LogP contribution in [0.25, 0.3) is 11.0 Å². The number of amides is 1. The van der Waals surface area contributed by atoms with E-state index in [1.165, 1.54) is 12.5 Å². The van der Waals surface area contributed by atoms with Gasteiger partial charge in [-0.1, -0.05) is 13.8 Å². The number of aromatic nitrogens is 4. The van der Waals surface area contributed by atoms with Gasteiger partial charge in [0, 0.05) is 31.1 Å². The standard InChI is InChI=1S/C15H16N5O.U/c1-9(2)10(3)5-6-11(4)19-15(21)13-12-7-18-20-14(12)17-8-16-13;/h5,7-8,11H,1,3H2,2,4H3,(H,19,21)(H,16,17,18,20);/q-1;. The molecular formula is C15H16N5OU-. The summed E-state index contributed by atoms with van der Waals surface area (Å²) < 4.78 is 0. The van der Waals surface area contributed by atoms with Crippen molar-refractivity contribution in [2.24, 2.45) is 0 Å². The van der Waals surface area contributed by atoms with E-state index in [1.54, 1.807) is 6.08 Å². The molecule has 1 unspecified atom stereocenters. The molecule has 112 valence electrons. The molecule has 6 nitrogen and oxygen atoms in total. The topological polar surface area (TPSA) is 83.6 Å². The van der Waals surface area contributed by atoms with Gasteiger partial charge < -0.3 is 5.32 Å². The Balaban J connectivity index is 0.00000242. The summed E-state index contributed by atoms with van der Waals surface area (Å²) >= 11 is 0. The van der Waals surface area contributed by atoms with E-state index in [4.69, 9.17) is 0 Å². The normalized spacial score (nSPS) is 11.9. The number of carbonyl (C=O) groups excluding carboxylic acids is 1.